The van der Waals surface area contributed by atoms with E-state index in [1.165, 1.54) is 6.33 Å². The van der Waals surface area contributed by atoms with Crippen LogP contribution >= 0.6 is 12.6 Å². The van der Waals surface area contributed by atoms with Crippen LogP contribution in [0.15, 0.2) is 41.8 Å². The van der Waals surface area contributed by atoms with E-state index in [4.69, 9.17) is 0 Å². The minimum Gasteiger partial charge on any atom is -0.306 e. The van der Waals surface area contributed by atoms with Gasteiger partial charge in [0.15, 0.2) is 11.6 Å². The highest BCUT2D eigenvalue weighted by molar-refractivity contribution is 7.80. The lowest BCUT2D eigenvalue weighted by molar-refractivity contribution is -0.156. The van der Waals surface area contributed by atoms with Gasteiger partial charge in [0, 0.05) is 17.3 Å². The largest absolute Gasteiger partial charge is 0.407 e. The number of rotatable bonds is 2. The Bertz CT molecular complexity index is 592. The topological polar surface area (TPSA) is 37.8 Å². The molecule has 1 heterocycles. The van der Waals surface area contributed by atoms with Crippen molar-refractivity contribution in [3.8, 4) is 0 Å². The summed E-state index contributed by atoms with van der Waals surface area (Å²) in [4.78, 5) is 8.19. The van der Waals surface area contributed by atoms with Gasteiger partial charge in [-0.2, -0.15) is 13.2 Å². The molecule has 22 heavy (non-hydrogen) atoms. The number of nitrogens with one attached hydrogen (secondary N) is 1. The Morgan fingerprint density at radius 2 is 1.68 bits per heavy atom. The first kappa shape index (κ1) is 18.3. The molecule has 1 N–H and O–H groups in total. The van der Waals surface area contributed by atoms with Crippen molar-refractivity contribution in [3.63, 3.8) is 0 Å². The van der Waals surface area contributed by atoms with Crippen molar-refractivity contribution in [2.45, 2.75) is 17.1 Å². The summed E-state index contributed by atoms with van der Waals surface area (Å²) >= 11 is 3.96. The number of benzene rings is 1. The third-order valence-electron chi connectivity index (χ3n) is 2.44. The molecule has 0 aliphatic rings. The lowest BCUT2D eigenvalue weighted by Crippen LogP contribution is -2.31. The maximum Gasteiger partial charge on any atom is 0.407 e. The second kappa shape index (κ2) is 8.04. The average Bonchev–Trinajstić information content (AvgIpc) is 2.43. The van der Waals surface area contributed by atoms with Crippen molar-refractivity contribution < 1.29 is 22.0 Å². The molecule has 2 aromatic rings. The maximum absolute atomic E-state index is 12.7. The molecule has 1 atom stereocenters. The first-order valence-corrected chi connectivity index (χ1v) is 6.33. The van der Waals surface area contributed by atoms with Crippen LogP contribution in [-0.2, 0) is 0 Å². The van der Waals surface area contributed by atoms with Gasteiger partial charge in [-0.1, -0.05) is 6.07 Å². The van der Waals surface area contributed by atoms with Crippen LogP contribution in [-0.4, -0.2) is 23.2 Å². The fourth-order valence-electron chi connectivity index (χ4n) is 1.50. The molecular formula is C13H12F5N3S. The van der Waals surface area contributed by atoms with E-state index in [1.54, 1.807) is 12.4 Å². The van der Waals surface area contributed by atoms with Crippen molar-refractivity contribution in [3.05, 3.63) is 54.1 Å². The van der Waals surface area contributed by atoms with E-state index in [2.05, 4.69) is 22.6 Å². The molecule has 0 saturated carbocycles. The lowest BCUT2D eigenvalue weighted by atomic mass is 10.1. The van der Waals surface area contributed by atoms with Gasteiger partial charge in [-0.25, -0.2) is 18.7 Å². The minimum absolute atomic E-state index is 0.357. The first-order chi connectivity index (χ1) is 10.3. The van der Waals surface area contributed by atoms with Crippen LogP contribution < -0.4 is 5.32 Å². The summed E-state index contributed by atoms with van der Waals surface area (Å²) in [5, 5.41) is 1.99. The van der Waals surface area contributed by atoms with Crippen molar-refractivity contribution in [1.29, 1.82) is 0 Å². The standard InChI is InChI=1S/C9H8F5N.C4H4N2S/c1-15-8(9(12,13)14)5-2-3-6(10)7(11)4-5;7-4-1-5-3-6-2-4/h2-4,8,15H,1H3;1-3,7H. The highest BCUT2D eigenvalue weighted by Gasteiger charge is 2.39. The zero-order valence-electron chi connectivity index (χ0n) is 11.3. The molecule has 0 aliphatic carbocycles. The van der Waals surface area contributed by atoms with Gasteiger partial charge in [0.05, 0.1) is 0 Å². The fraction of sp³-hybridized carbons (Fsp3) is 0.231. The van der Waals surface area contributed by atoms with Crippen LogP contribution in [0.2, 0.25) is 0 Å². The number of nitrogens with zero attached hydrogens (tertiary/aromatic N) is 2. The van der Waals surface area contributed by atoms with Crippen LogP contribution in [0.3, 0.4) is 0 Å². The van der Waals surface area contributed by atoms with Gasteiger partial charge in [-0.05, 0) is 24.7 Å². The molecule has 0 amide bonds. The summed E-state index contributed by atoms with van der Waals surface area (Å²) in [5.41, 5.74) is -0.357. The van der Waals surface area contributed by atoms with Gasteiger partial charge in [-0.3, -0.25) is 0 Å². The Kier molecular flexibility index (Phi) is 6.69. The zero-order valence-corrected chi connectivity index (χ0v) is 12.2. The molecule has 0 fully saturated rings. The van der Waals surface area contributed by atoms with Gasteiger partial charge in [0.1, 0.15) is 12.4 Å². The highest BCUT2D eigenvalue weighted by atomic mass is 32.1. The molecule has 120 valence electrons. The Labute approximate surface area is 129 Å². The number of halogens is 5. The normalized spacial score (nSPS) is 12.3. The second-order valence-electron chi connectivity index (χ2n) is 4.03. The maximum atomic E-state index is 12.7. The first-order valence-electron chi connectivity index (χ1n) is 5.88. The Balaban J connectivity index is 0.000000287. The summed E-state index contributed by atoms with van der Waals surface area (Å²) in [6, 6.07) is 0.102. The van der Waals surface area contributed by atoms with Crippen LogP contribution in [0.5, 0.6) is 0 Å². The van der Waals surface area contributed by atoms with Crippen LogP contribution in [0, 0.1) is 11.6 Å². The summed E-state index contributed by atoms with van der Waals surface area (Å²) in [6.45, 7) is 0. The average molecular weight is 337 g/mol. The number of alkyl halides is 3. The van der Waals surface area contributed by atoms with E-state index in [0.29, 0.717) is 12.1 Å². The van der Waals surface area contributed by atoms with E-state index in [9.17, 15) is 22.0 Å². The molecular weight excluding hydrogens is 325 g/mol. The molecule has 1 aromatic carbocycles. The van der Waals surface area contributed by atoms with E-state index >= 15 is 0 Å². The van der Waals surface area contributed by atoms with Crippen molar-refractivity contribution >= 4 is 12.6 Å². The molecule has 3 nitrogen and oxygen atoms in total. The molecule has 1 aromatic heterocycles. The van der Waals surface area contributed by atoms with E-state index in [-0.39, 0.29) is 5.56 Å². The van der Waals surface area contributed by atoms with Gasteiger partial charge in [0.25, 0.3) is 0 Å². The number of hydrogen-bond acceptors (Lipinski definition) is 4. The van der Waals surface area contributed by atoms with Gasteiger partial charge in [-0.15, -0.1) is 12.6 Å². The van der Waals surface area contributed by atoms with Crippen LogP contribution in [0.4, 0.5) is 22.0 Å². The molecule has 0 aliphatic heterocycles. The predicted octanol–water partition coefficient (Wildman–Crippen LogP) is 3.55. The summed E-state index contributed by atoms with van der Waals surface area (Å²) < 4.78 is 62.3. The fourth-order valence-corrected chi connectivity index (χ4v) is 1.64. The van der Waals surface area contributed by atoms with Crippen molar-refractivity contribution in [1.82, 2.24) is 15.3 Å². The summed E-state index contributed by atoms with van der Waals surface area (Å²) in [7, 11) is 1.10. The highest BCUT2D eigenvalue weighted by Crippen LogP contribution is 2.32. The Morgan fingerprint density at radius 3 is 2.05 bits per heavy atom. The molecule has 0 radical (unpaired) electrons. The third-order valence-corrected chi connectivity index (χ3v) is 2.67. The molecule has 2 rings (SSSR count). The van der Waals surface area contributed by atoms with Gasteiger partial charge < -0.3 is 5.32 Å². The quantitative estimate of drug-likeness (QED) is 0.650. The third kappa shape index (κ3) is 5.57. The molecule has 1 unspecified atom stereocenters. The van der Waals surface area contributed by atoms with E-state index in [1.807, 2.05) is 5.32 Å². The van der Waals surface area contributed by atoms with Crippen molar-refractivity contribution in [2.24, 2.45) is 0 Å². The van der Waals surface area contributed by atoms with E-state index in [0.717, 1.165) is 18.0 Å². The smallest absolute Gasteiger partial charge is 0.306 e. The van der Waals surface area contributed by atoms with Crippen LogP contribution in [0.1, 0.15) is 11.6 Å². The molecule has 0 saturated heterocycles. The van der Waals surface area contributed by atoms with E-state index < -0.39 is 23.9 Å². The monoisotopic (exact) mass is 337 g/mol. The van der Waals surface area contributed by atoms with Gasteiger partial charge >= 0.3 is 6.18 Å². The van der Waals surface area contributed by atoms with Crippen molar-refractivity contribution in [2.75, 3.05) is 7.05 Å². The SMILES string of the molecule is CNC(c1ccc(F)c(F)c1)C(F)(F)F.Sc1cncnc1. The molecule has 0 bridgehead atoms. The summed E-state index contributed by atoms with van der Waals surface area (Å²) in [6.07, 6.45) is 0.199. The molecule has 0 spiro atoms. The Morgan fingerprint density at radius 1 is 1.09 bits per heavy atom. The predicted molar refractivity (Wildman–Crippen MR) is 73.5 cm³/mol. The number of thiol groups is 1. The number of hydrogen-bond donors (Lipinski definition) is 2. The summed E-state index contributed by atoms with van der Waals surface area (Å²) in [5.74, 6) is -2.47. The molecule has 9 heteroatoms. The number of aromatic nitrogens is 2. The van der Waals surface area contributed by atoms with Crippen LogP contribution in [0.25, 0.3) is 0 Å². The van der Waals surface area contributed by atoms with Gasteiger partial charge in [0.2, 0.25) is 0 Å². The minimum atomic E-state index is -4.54. The Hall–Kier alpha value is -1.74. The lowest BCUT2D eigenvalue weighted by Gasteiger charge is -2.19. The second-order valence-corrected chi connectivity index (χ2v) is 4.55. The zero-order chi connectivity index (χ0) is 16.8.